The van der Waals surface area contributed by atoms with Gasteiger partial charge in [-0.3, -0.25) is 14.9 Å². The van der Waals surface area contributed by atoms with Crippen LogP contribution in [0.2, 0.25) is 0 Å². The summed E-state index contributed by atoms with van der Waals surface area (Å²) in [6.45, 7) is -0.260. The summed E-state index contributed by atoms with van der Waals surface area (Å²) in [5.74, 6) is -0.623. The molecule has 3 rings (SSSR count). The van der Waals surface area contributed by atoms with Crippen LogP contribution in [0.15, 0.2) is 30.5 Å². The molecule has 0 aliphatic heterocycles. The van der Waals surface area contributed by atoms with Gasteiger partial charge in [0, 0.05) is 24.7 Å². The molecular formula is C21H25F3N6O5. The number of nitrogens with zero attached hydrogens (tertiary/aromatic N) is 3. The predicted molar refractivity (Wildman–Crippen MR) is 119 cm³/mol. The van der Waals surface area contributed by atoms with Gasteiger partial charge in [0.2, 0.25) is 17.7 Å². The third-order valence-corrected chi connectivity index (χ3v) is 5.52. The Kier molecular flexibility index (Phi) is 8.63. The molecule has 1 aromatic carbocycles. The number of benzene rings is 1. The van der Waals surface area contributed by atoms with Crippen molar-refractivity contribution in [2.24, 2.45) is 5.92 Å². The van der Waals surface area contributed by atoms with Gasteiger partial charge in [-0.15, -0.1) is 13.2 Å². The summed E-state index contributed by atoms with van der Waals surface area (Å²) in [6, 6.07) is 5.56. The van der Waals surface area contributed by atoms with E-state index < -0.39 is 23.8 Å². The van der Waals surface area contributed by atoms with Crippen LogP contribution in [-0.4, -0.2) is 51.5 Å². The van der Waals surface area contributed by atoms with Crippen LogP contribution in [0.1, 0.15) is 31.2 Å². The van der Waals surface area contributed by atoms with E-state index in [1.54, 1.807) is 6.07 Å². The van der Waals surface area contributed by atoms with Crippen LogP contribution in [-0.2, 0) is 11.3 Å². The molecule has 0 saturated heterocycles. The molecule has 4 N–H and O–H groups in total. The monoisotopic (exact) mass is 498 g/mol. The normalized spacial score (nSPS) is 17.9. The maximum absolute atomic E-state index is 12.6. The molecule has 0 bridgehead atoms. The van der Waals surface area contributed by atoms with Gasteiger partial charge >= 0.3 is 12.0 Å². The Labute approximate surface area is 198 Å². The maximum Gasteiger partial charge on any atom is 0.573 e. The molecular weight excluding hydrogens is 473 g/mol. The highest BCUT2D eigenvalue weighted by atomic mass is 19.4. The second-order valence-electron chi connectivity index (χ2n) is 8.02. The van der Waals surface area contributed by atoms with Crippen LogP contribution < -0.4 is 20.7 Å². The number of halogens is 3. The smallest absolute Gasteiger partial charge is 0.405 e. The lowest BCUT2D eigenvalue weighted by Gasteiger charge is -2.29. The van der Waals surface area contributed by atoms with Crippen LogP contribution in [0.3, 0.4) is 0 Å². The van der Waals surface area contributed by atoms with Gasteiger partial charge in [0.05, 0.1) is 4.92 Å². The average molecular weight is 498 g/mol. The van der Waals surface area contributed by atoms with Gasteiger partial charge in [0.1, 0.15) is 18.6 Å². The molecule has 1 saturated carbocycles. The van der Waals surface area contributed by atoms with Crippen molar-refractivity contribution in [2.45, 2.75) is 44.6 Å². The van der Waals surface area contributed by atoms with Gasteiger partial charge in [-0.25, -0.2) is 4.98 Å². The number of nitro groups is 1. The van der Waals surface area contributed by atoms with Crippen LogP contribution in [0, 0.1) is 16.0 Å². The van der Waals surface area contributed by atoms with Crippen molar-refractivity contribution in [3.05, 3.63) is 46.1 Å². The second kappa shape index (κ2) is 11.6. The molecule has 1 aliphatic carbocycles. The minimum absolute atomic E-state index is 0.00432. The SMILES string of the molecule is O=C(CO)NC1CCC(CNc2nc(NCc3ccccc3OC(F)(F)F)ncc2[N+](=O)[O-])CC1. The van der Waals surface area contributed by atoms with Gasteiger partial charge in [0.25, 0.3) is 0 Å². The Morgan fingerprint density at radius 3 is 2.57 bits per heavy atom. The fourth-order valence-corrected chi connectivity index (χ4v) is 3.80. The number of ether oxygens (including phenoxy) is 1. The number of hydrogen-bond donors (Lipinski definition) is 4. The van der Waals surface area contributed by atoms with Gasteiger partial charge in [0.15, 0.2) is 0 Å². The Balaban J connectivity index is 1.61. The number of amides is 1. The lowest BCUT2D eigenvalue weighted by atomic mass is 9.86. The van der Waals surface area contributed by atoms with Crippen molar-refractivity contribution in [1.82, 2.24) is 15.3 Å². The predicted octanol–water partition coefficient (Wildman–Crippen LogP) is 2.97. The number of alkyl halides is 3. The van der Waals surface area contributed by atoms with Crippen LogP contribution in [0.5, 0.6) is 5.75 Å². The Hall–Kier alpha value is -3.68. The molecule has 190 valence electrons. The van der Waals surface area contributed by atoms with Crippen molar-refractivity contribution >= 4 is 23.4 Å². The maximum atomic E-state index is 12.6. The third-order valence-electron chi connectivity index (χ3n) is 5.52. The second-order valence-corrected chi connectivity index (χ2v) is 8.02. The summed E-state index contributed by atoms with van der Waals surface area (Å²) in [5.41, 5.74) is -0.133. The van der Waals surface area contributed by atoms with E-state index in [2.05, 4.69) is 30.7 Å². The molecule has 11 nitrogen and oxygen atoms in total. The molecule has 1 heterocycles. The summed E-state index contributed by atoms with van der Waals surface area (Å²) in [4.78, 5) is 30.1. The molecule has 14 heteroatoms. The number of para-hydroxylation sites is 1. The van der Waals surface area contributed by atoms with Gasteiger partial charge in [-0.2, -0.15) is 4.98 Å². The Morgan fingerprint density at radius 2 is 1.91 bits per heavy atom. The fourth-order valence-electron chi connectivity index (χ4n) is 3.80. The van der Waals surface area contributed by atoms with Crippen molar-refractivity contribution in [2.75, 3.05) is 23.8 Å². The standard InChI is InChI=1S/C21H25F3N6O5/c22-21(23,24)35-17-4-2-1-3-14(17)10-26-20-27-11-16(30(33)34)19(29-20)25-9-13-5-7-15(8-6-13)28-18(32)12-31/h1-4,11,13,15,31H,5-10,12H2,(H,28,32)(H2,25,26,27,29). The number of aliphatic hydroxyl groups is 1. The molecule has 35 heavy (non-hydrogen) atoms. The first-order chi connectivity index (χ1) is 16.6. The Morgan fingerprint density at radius 1 is 1.20 bits per heavy atom. The number of aromatic nitrogens is 2. The lowest BCUT2D eigenvalue weighted by Crippen LogP contribution is -2.39. The van der Waals surface area contributed by atoms with Crippen LogP contribution in [0.4, 0.5) is 30.6 Å². The number of nitrogens with one attached hydrogen (secondary N) is 3. The number of anilines is 2. The van der Waals surface area contributed by atoms with E-state index in [9.17, 15) is 28.1 Å². The van der Waals surface area contributed by atoms with Crippen LogP contribution >= 0.6 is 0 Å². The van der Waals surface area contributed by atoms with Crippen molar-refractivity contribution < 1.29 is 32.7 Å². The van der Waals surface area contributed by atoms with Gasteiger partial charge < -0.3 is 25.8 Å². The molecule has 1 aliphatic rings. The molecule has 0 unspecified atom stereocenters. The van der Waals surface area contributed by atoms with E-state index in [0.717, 1.165) is 31.9 Å². The number of aliphatic hydroxyl groups excluding tert-OH is 1. The zero-order chi connectivity index (χ0) is 25.4. The van der Waals surface area contributed by atoms with Crippen molar-refractivity contribution in [1.29, 1.82) is 0 Å². The third kappa shape index (κ3) is 7.95. The van der Waals surface area contributed by atoms with Gasteiger partial charge in [-0.05, 0) is 37.7 Å². The first-order valence-corrected chi connectivity index (χ1v) is 10.9. The van der Waals surface area contributed by atoms with E-state index >= 15 is 0 Å². The molecule has 1 aromatic heterocycles. The molecule has 0 spiro atoms. The zero-order valence-corrected chi connectivity index (χ0v) is 18.5. The average Bonchev–Trinajstić information content (AvgIpc) is 2.82. The molecule has 0 atom stereocenters. The first-order valence-electron chi connectivity index (χ1n) is 10.9. The van der Waals surface area contributed by atoms with Crippen molar-refractivity contribution in [3.63, 3.8) is 0 Å². The highest BCUT2D eigenvalue weighted by Gasteiger charge is 2.32. The van der Waals surface area contributed by atoms with Crippen molar-refractivity contribution in [3.8, 4) is 5.75 Å². The number of carbonyl (C=O) groups excluding carboxylic acids is 1. The number of hydrogen-bond acceptors (Lipinski definition) is 9. The highest BCUT2D eigenvalue weighted by Crippen LogP contribution is 2.29. The minimum atomic E-state index is -4.85. The zero-order valence-electron chi connectivity index (χ0n) is 18.5. The molecule has 1 fully saturated rings. The van der Waals surface area contributed by atoms with E-state index in [0.29, 0.717) is 6.54 Å². The summed E-state index contributed by atoms with van der Waals surface area (Å²) in [5, 5.41) is 28.7. The van der Waals surface area contributed by atoms with E-state index in [-0.39, 0.29) is 47.3 Å². The number of rotatable bonds is 10. The Bertz CT molecular complexity index is 1030. The molecule has 1 amide bonds. The highest BCUT2D eigenvalue weighted by molar-refractivity contribution is 5.77. The summed E-state index contributed by atoms with van der Waals surface area (Å²) in [6.07, 6.45) is -0.850. The fraction of sp³-hybridized carbons (Fsp3) is 0.476. The quantitative estimate of drug-likeness (QED) is 0.286. The first kappa shape index (κ1) is 25.9. The topological polar surface area (TPSA) is 152 Å². The van der Waals surface area contributed by atoms with Crippen LogP contribution in [0.25, 0.3) is 0 Å². The minimum Gasteiger partial charge on any atom is -0.405 e. The van der Waals surface area contributed by atoms with Gasteiger partial charge in [-0.1, -0.05) is 18.2 Å². The summed E-state index contributed by atoms with van der Waals surface area (Å²) in [7, 11) is 0. The number of carbonyl (C=O) groups is 1. The van der Waals surface area contributed by atoms with E-state index in [1.165, 1.54) is 18.2 Å². The lowest BCUT2D eigenvalue weighted by molar-refractivity contribution is -0.384. The van der Waals surface area contributed by atoms with E-state index in [1.807, 2.05) is 0 Å². The largest absolute Gasteiger partial charge is 0.573 e. The van der Waals surface area contributed by atoms with E-state index in [4.69, 9.17) is 5.11 Å². The molecule has 2 aromatic rings. The molecule has 0 radical (unpaired) electrons. The summed E-state index contributed by atoms with van der Waals surface area (Å²) < 4.78 is 41.9. The summed E-state index contributed by atoms with van der Waals surface area (Å²) >= 11 is 0.